The number of halogens is 1. The summed E-state index contributed by atoms with van der Waals surface area (Å²) in [6.45, 7) is 2.99. The van der Waals surface area contributed by atoms with Crippen molar-refractivity contribution in [3.05, 3.63) is 18.2 Å². The van der Waals surface area contributed by atoms with Gasteiger partial charge in [-0.2, -0.15) is 0 Å². The van der Waals surface area contributed by atoms with Gasteiger partial charge < -0.3 is 20.5 Å². The molecule has 21 heavy (non-hydrogen) atoms. The lowest BCUT2D eigenvalue weighted by Gasteiger charge is -2.13. The number of ether oxygens (including phenoxy) is 2. The van der Waals surface area contributed by atoms with E-state index in [2.05, 4.69) is 17.2 Å². The van der Waals surface area contributed by atoms with Gasteiger partial charge in [0.2, 0.25) is 0 Å². The Morgan fingerprint density at radius 1 is 1.33 bits per heavy atom. The van der Waals surface area contributed by atoms with Gasteiger partial charge in [0.05, 0.1) is 19.9 Å². The summed E-state index contributed by atoms with van der Waals surface area (Å²) in [5, 5.41) is 3.08. The number of hydrogen-bond acceptors (Lipinski definition) is 3. The van der Waals surface area contributed by atoms with Gasteiger partial charge in [-0.25, -0.2) is 0 Å². The van der Waals surface area contributed by atoms with Crippen molar-refractivity contribution in [1.29, 1.82) is 0 Å². The normalized spacial score (nSPS) is 15.9. The number of nitrogens with one attached hydrogen (secondary N) is 1. The van der Waals surface area contributed by atoms with E-state index >= 15 is 0 Å². The van der Waals surface area contributed by atoms with Gasteiger partial charge in [0.15, 0.2) is 5.96 Å². The van der Waals surface area contributed by atoms with Crippen molar-refractivity contribution in [2.45, 2.75) is 26.2 Å². The molecule has 0 spiro atoms. The molecule has 1 aromatic carbocycles. The third kappa shape index (κ3) is 4.66. The Kier molecular flexibility index (Phi) is 6.57. The number of rotatable bonds is 6. The van der Waals surface area contributed by atoms with Crippen LogP contribution in [0.4, 0.5) is 5.69 Å². The zero-order valence-corrected chi connectivity index (χ0v) is 15.1. The second-order valence-electron chi connectivity index (χ2n) is 5.25. The lowest BCUT2D eigenvalue weighted by molar-refractivity contribution is 0.405. The number of nitrogens with two attached hydrogens (primary N) is 1. The maximum absolute atomic E-state index is 5.95. The summed E-state index contributed by atoms with van der Waals surface area (Å²) in [6.07, 6.45) is 3.66. The highest BCUT2D eigenvalue weighted by Gasteiger charge is 2.40. The Labute approximate surface area is 143 Å². The van der Waals surface area contributed by atoms with Crippen LogP contribution in [0.3, 0.4) is 0 Å². The molecule has 0 amide bonds. The highest BCUT2D eigenvalue weighted by atomic mass is 127. The lowest BCUT2D eigenvalue weighted by atomic mass is 10.1. The molecule has 118 valence electrons. The fraction of sp³-hybridized carbons (Fsp3) is 0.533. The molecule has 1 aromatic rings. The minimum absolute atomic E-state index is 0. The molecule has 0 aromatic heterocycles. The van der Waals surface area contributed by atoms with Crippen molar-refractivity contribution >= 4 is 35.6 Å². The van der Waals surface area contributed by atoms with E-state index < -0.39 is 0 Å². The summed E-state index contributed by atoms with van der Waals surface area (Å²) in [5.74, 6) is 1.87. The predicted octanol–water partition coefficient (Wildman–Crippen LogP) is 3.24. The van der Waals surface area contributed by atoms with Crippen molar-refractivity contribution in [2.75, 3.05) is 26.1 Å². The maximum Gasteiger partial charge on any atom is 0.193 e. The molecule has 6 heteroatoms. The van der Waals surface area contributed by atoms with Crippen molar-refractivity contribution in [2.24, 2.45) is 16.1 Å². The van der Waals surface area contributed by atoms with Crippen LogP contribution in [0.25, 0.3) is 0 Å². The Morgan fingerprint density at radius 3 is 2.57 bits per heavy atom. The van der Waals surface area contributed by atoms with Gasteiger partial charge in [-0.15, -0.1) is 24.0 Å². The predicted molar refractivity (Wildman–Crippen MR) is 97.0 cm³/mol. The van der Waals surface area contributed by atoms with Crippen molar-refractivity contribution in [3.63, 3.8) is 0 Å². The number of anilines is 1. The standard InChI is InChI=1S/C15H23N3O2.HI/c1-4-15(7-8-15)10-17-14(16)18-12-9-11(19-2)5-6-13(12)20-3;/h5-6,9H,4,7-8,10H2,1-3H3,(H3,16,17,18);1H. The lowest BCUT2D eigenvalue weighted by Crippen LogP contribution is -2.24. The summed E-state index contributed by atoms with van der Waals surface area (Å²) in [7, 11) is 3.25. The maximum atomic E-state index is 5.95. The van der Waals surface area contributed by atoms with E-state index in [-0.39, 0.29) is 24.0 Å². The number of aliphatic imine (C=N–C) groups is 1. The first kappa shape index (κ1) is 17.9. The van der Waals surface area contributed by atoms with E-state index in [1.165, 1.54) is 12.8 Å². The van der Waals surface area contributed by atoms with Gasteiger partial charge >= 0.3 is 0 Å². The molecule has 0 atom stereocenters. The average molecular weight is 405 g/mol. The third-order valence-corrected chi connectivity index (χ3v) is 3.96. The Morgan fingerprint density at radius 2 is 2.05 bits per heavy atom. The molecule has 2 rings (SSSR count). The van der Waals surface area contributed by atoms with E-state index in [0.29, 0.717) is 17.1 Å². The Balaban J connectivity index is 0.00000220. The fourth-order valence-electron chi connectivity index (χ4n) is 2.14. The summed E-state index contributed by atoms with van der Waals surface area (Å²) in [6, 6.07) is 5.52. The van der Waals surface area contributed by atoms with Crippen LogP contribution < -0.4 is 20.5 Å². The molecule has 0 bridgehead atoms. The zero-order valence-electron chi connectivity index (χ0n) is 12.8. The highest BCUT2D eigenvalue weighted by Crippen LogP contribution is 2.48. The zero-order chi connectivity index (χ0) is 14.6. The minimum atomic E-state index is 0. The number of nitrogens with zero attached hydrogens (tertiary/aromatic N) is 1. The molecule has 0 aliphatic heterocycles. The number of methoxy groups -OCH3 is 2. The second-order valence-corrected chi connectivity index (χ2v) is 5.25. The topological polar surface area (TPSA) is 68.9 Å². The molecular weight excluding hydrogens is 381 g/mol. The SMILES string of the molecule is CCC1(CN=C(N)Nc2cc(OC)ccc2OC)CC1.I. The first-order chi connectivity index (χ1) is 9.62. The van der Waals surface area contributed by atoms with Crippen LogP contribution in [0.1, 0.15) is 26.2 Å². The molecule has 3 N–H and O–H groups in total. The number of guanidine groups is 1. The van der Waals surface area contributed by atoms with Crippen molar-refractivity contribution < 1.29 is 9.47 Å². The summed E-state index contributed by atoms with van der Waals surface area (Å²) < 4.78 is 10.5. The van der Waals surface area contributed by atoms with Crippen LogP contribution in [0.15, 0.2) is 23.2 Å². The van der Waals surface area contributed by atoms with E-state index in [4.69, 9.17) is 15.2 Å². The van der Waals surface area contributed by atoms with Crippen LogP contribution in [0.5, 0.6) is 11.5 Å². The van der Waals surface area contributed by atoms with Gasteiger partial charge in [0.1, 0.15) is 11.5 Å². The van der Waals surface area contributed by atoms with Crippen LogP contribution in [0.2, 0.25) is 0 Å². The summed E-state index contributed by atoms with van der Waals surface area (Å²) in [5.41, 5.74) is 7.11. The Hall–Kier alpha value is -1.18. The van der Waals surface area contributed by atoms with Crippen LogP contribution in [0, 0.1) is 5.41 Å². The average Bonchev–Trinajstić information content (AvgIpc) is 3.25. The first-order valence-corrected chi connectivity index (χ1v) is 6.91. The van der Waals surface area contributed by atoms with E-state index in [1.807, 2.05) is 18.2 Å². The van der Waals surface area contributed by atoms with E-state index in [1.54, 1.807) is 14.2 Å². The van der Waals surface area contributed by atoms with Crippen molar-refractivity contribution in [1.82, 2.24) is 0 Å². The quantitative estimate of drug-likeness (QED) is 0.433. The number of hydrogen-bond donors (Lipinski definition) is 2. The number of benzene rings is 1. The fourth-order valence-corrected chi connectivity index (χ4v) is 2.14. The molecule has 1 aliphatic carbocycles. The molecule has 1 saturated carbocycles. The smallest absolute Gasteiger partial charge is 0.193 e. The highest BCUT2D eigenvalue weighted by molar-refractivity contribution is 14.0. The summed E-state index contributed by atoms with van der Waals surface area (Å²) >= 11 is 0. The van der Waals surface area contributed by atoms with E-state index in [9.17, 15) is 0 Å². The van der Waals surface area contributed by atoms with Gasteiger partial charge in [0, 0.05) is 12.6 Å². The van der Waals surface area contributed by atoms with Crippen LogP contribution >= 0.6 is 24.0 Å². The second kappa shape index (κ2) is 7.72. The molecule has 0 heterocycles. The van der Waals surface area contributed by atoms with Crippen molar-refractivity contribution in [3.8, 4) is 11.5 Å². The molecule has 1 fully saturated rings. The van der Waals surface area contributed by atoms with Gasteiger partial charge in [0.25, 0.3) is 0 Å². The van der Waals surface area contributed by atoms with Gasteiger partial charge in [-0.3, -0.25) is 4.99 Å². The van der Waals surface area contributed by atoms with E-state index in [0.717, 1.165) is 24.4 Å². The molecular formula is C15H24IN3O2. The third-order valence-electron chi connectivity index (χ3n) is 3.96. The van der Waals surface area contributed by atoms with Gasteiger partial charge in [-0.1, -0.05) is 6.92 Å². The van der Waals surface area contributed by atoms with Crippen LogP contribution in [-0.2, 0) is 0 Å². The Bertz CT molecular complexity index is 502. The largest absolute Gasteiger partial charge is 0.497 e. The first-order valence-electron chi connectivity index (χ1n) is 6.91. The summed E-state index contributed by atoms with van der Waals surface area (Å²) in [4.78, 5) is 4.44. The van der Waals surface area contributed by atoms with Gasteiger partial charge in [-0.05, 0) is 36.8 Å². The van der Waals surface area contributed by atoms with Crippen LogP contribution in [-0.4, -0.2) is 26.7 Å². The monoisotopic (exact) mass is 405 g/mol. The molecule has 0 radical (unpaired) electrons. The molecule has 0 unspecified atom stereocenters. The molecule has 5 nitrogen and oxygen atoms in total. The minimum Gasteiger partial charge on any atom is -0.497 e. The molecule has 0 saturated heterocycles. The molecule has 1 aliphatic rings.